The van der Waals surface area contributed by atoms with Crippen molar-refractivity contribution in [3.63, 3.8) is 0 Å². The van der Waals surface area contributed by atoms with Crippen molar-refractivity contribution in [2.75, 3.05) is 12.9 Å². The minimum Gasteiger partial charge on any atom is -0.497 e. The van der Waals surface area contributed by atoms with Crippen LogP contribution in [0.2, 0.25) is 0 Å². The van der Waals surface area contributed by atoms with Crippen molar-refractivity contribution >= 4 is 39.6 Å². The first kappa shape index (κ1) is 16.5. The van der Waals surface area contributed by atoms with E-state index in [1.54, 1.807) is 37.4 Å². The number of hydrogen-bond acceptors (Lipinski definition) is 6. The summed E-state index contributed by atoms with van der Waals surface area (Å²) < 4.78 is 18.5. The van der Waals surface area contributed by atoms with E-state index in [0.717, 1.165) is 5.52 Å². The number of thioether (sulfide) groups is 1. The van der Waals surface area contributed by atoms with Crippen LogP contribution < -0.4 is 4.74 Å². The van der Waals surface area contributed by atoms with E-state index in [0.29, 0.717) is 33.0 Å². The number of H-pyrrole nitrogens is 1. The number of ether oxygens (including phenoxy) is 1. The van der Waals surface area contributed by atoms with Gasteiger partial charge >= 0.3 is 0 Å². The molecular formula is C18H13FN4O2S. The van der Waals surface area contributed by atoms with Crippen molar-refractivity contribution < 1.29 is 13.9 Å². The highest BCUT2D eigenvalue weighted by Crippen LogP contribution is 2.24. The first-order valence-corrected chi connectivity index (χ1v) is 8.74. The van der Waals surface area contributed by atoms with Crippen LogP contribution in [0.4, 0.5) is 4.39 Å². The molecule has 2 heterocycles. The highest BCUT2D eigenvalue weighted by molar-refractivity contribution is 7.99. The summed E-state index contributed by atoms with van der Waals surface area (Å²) >= 11 is 1.20. The van der Waals surface area contributed by atoms with Gasteiger partial charge in [0.25, 0.3) is 0 Å². The zero-order valence-corrected chi connectivity index (χ0v) is 14.5. The zero-order chi connectivity index (χ0) is 18.1. The average Bonchev–Trinajstić information content (AvgIpc) is 3.03. The Morgan fingerprint density at radius 3 is 2.77 bits per heavy atom. The molecule has 2 aromatic heterocycles. The summed E-state index contributed by atoms with van der Waals surface area (Å²) in [6.45, 7) is 0. The van der Waals surface area contributed by atoms with Crippen LogP contribution in [-0.4, -0.2) is 38.8 Å². The summed E-state index contributed by atoms with van der Waals surface area (Å²) in [7, 11) is 1.57. The fourth-order valence-electron chi connectivity index (χ4n) is 2.58. The molecule has 0 radical (unpaired) electrons. The molecule has 0 bridgehead atoms. The number of benzene rings is 2. The summed E-state index contributed by atoms with van der Waals surface area (Å²) in [6, 6.07) is 11.3. The first-order chi connectivity index (χ1) is 12.6. The van der Waals surface area contributed by atoms with Gasteiger partial charge in [-0.15, -0.1) is 10.2 Å². The molecule has 0 saturated heterocycles. The maximum Gasteiger partial charge on any atom is 0.211 e. The van der Waals surface area contributed by atoms with E-state index < -0.39 is 0 Å². The summed E-state index contributed by atoms with van der Waals surface area (Å²) in [5, 5.41) is 9.18. The molecule has 4 rings (SSSR count). The fourth-order valence-corrected chi connectivity index (χ4v) is 3.26. The lowest BCUT2D eigenvalue weighted by molar-refractivity contribution is 0.102. The van der Waals surface area contributed by atoms with E-state index in [1.807, 2.05) is 0 Å². The van der Waals surface area contributed by atoms with Crippen molar-refractivity contribution in [3.8, 4) is 5.75 Å². The van der Waals surface area contributed by atoms with Crippen LogP contribution in [0.5, 0.6) is 5.75 Å². The number of halogens is 1. The maximum atomic E-state index is 13.4. The minimum absolute atomic E-state index is 0.0416. The van der Waals surface area contributed by atoms with Crippen molar-refractivity contribution in [2.24, 2.45) is 0 Å². The van der Waals surface area contributed by atoms with Gasteiger partial charge in [-0.05, 0) is 42.5 Å². The third-order valence-electron chi connectivity index (χ3n) is 3.90. The average molecular weight is 368 g/mol. The molecule has 0 amide bonds. The predicted molar refractivity (Wildman–Crippen MR) is 97.2 cm³/mol. The molecule has 6 nitrogen and oxygen atoms in total. The molecule has 0 fully saturated rings. The van der Waals surface area contributed by atoms with E-state index >= 15 is 0 Å². The quantitative estimate of drug-likeness (QED) is 0.428. The number of fused-ring (bicyclic) bond motifs is 3. The summed E-state index contributed by atoms with van der Waals surface area (Å²) in [5.74, 6) is 0.500. The molecule has 0 aliphatic rings. The van der Waals surface area contributed by atoms with Crippen LogP contribution in [0, 0.1) is 5.82 Å². The van der Waals surface area contributed by atoms with Gasteiger partial charge in [0, 0.05) is 16.5 Å². The SMILES string of the molecule is COc1ccc(C(=O)CSc2nnc3c(n2)[nH]c2ccc(F)cc23)cc1. The van der Waals surface area contributed by atoms with E-state index in [1.165, 1.54) is 23.9 Å². The van der Waals surface area contributed by atoms with E-state index in [4.69, 9.17) is 4.74 Å². The second-order valence-electron chi connectivity index (χ2n) is 5.55. The molecular weight excluding hydrogens is 355 g/mol. The molecule has 0 spiro atoms. The largest absolute Gasteiger partial charge is 0.497 e. The monoisotopic (exact) mass is 368 g/mol. The number of carbonyl (C=O) groups is 1. The molecule has 0 saturated carbocycles. The van der Waals surface area contributed by atoms with Gasteiger partial charge in [0.05, 0.1) is 12.9 Å². The second kappa shape index (κ2) is 6.72. The van der Waals surface area contributed by atoms with Gasteiger partial charge in [-0.1, -0.05) is 11.8 Å². The third kappa shape index (κ3) is 3.11. The maximum absolute atomic E-state index is 13.4. The van der Waals surface area contributed by atoms with Gasteiger partial charge in [0.1, 0.15) is 17.1 Å². The van der Waals surface area contributed by atoms with Gasteiger partial charge in [-0.2, -0.15) is 0 Å². The van der Waals surface area contributed by atoms with Gasteiger partial charge < -0.3 is 9.72 Å². The molecule has 8 heteroatoms. The summed E-state index contributed by atoms with van der Waals surface area (Å²) in [6.07, 6.45) is 0. The van der Waals surface area contributed by atoms with Crippen molar-refractivity contribution in [1.82, 2.24) is 20.2 Å². The van der Waals surface area contributed by atoms with Crippen LogP contribution >= 0.6 is 11.8 Å². The van der Waals surface area contributed by atoms with Crippen LogP contribution in [0.25, 0.3) is 22.1 Å². The van der Waals surface area contributed by atoms with Gasteiger partial charge in [-0.25, -0.2) is 9.37 Å². The molecule has 0 unspecified atom stereocenters. The highest BCUT2D eigenvalue weighted by atomic mass is 32.2. The number of methoxy groups -OCH3 is 1. The Morgan fingerprint density at radius 1 is 1.19 bits per heavy atom. The van der Waals surface area contributed by atoms with Gasteiger partial charge in [0.15, 0.2) is 11.4 Å². The van der Waals surface area contributed by atoms with Crippen molar-refractivity contribution in [2.45, 2.75) is 5.16 Å². The van der Waals surface area contributed by atoms with E-state index in [9.17, 15) is 9.18 Å². The fraction of sp³-hybridized carbons (Fsp3) is 0.111. The predicted octanol–water partition coefficient (Wildman–Crippen LogP) is 3.63. The molecule has 26 heavy (non-hydrogen) atoms. The number of rotatable bonds is 5. The third-order valence-corrected chi connectivity index (χ3v) is 4.74. The summed E-state index contributed by atoms with van der Waals surface area (Å²) in [5.41, 5.74) is 2.35. The minimum atomic E-state index is -0.344. The molecule has 4 aromatic rings. The lowest BCUT2D eigenvalue weighted by Crippen LogP contribution is -2.03. The lowest BCUT2D eigenvalue weighted by Gasteiger charge is -2.02. The Labute approximate surface area is 151 Å². The van der Waals surface area contributed by atoms with E-state index in [2.05, 4.69) is 20.2 Å². The normalized spacial score (nSPS) is 11.2. The van der Waals surface area contributed by atoms with Crippen LogP contribution in [-0.2, 0) is 0 Å². The Hall–Kier alpha value is -3.00. The lowest BCUT2D eigenvalue weighted by atomic mass is 10.1. The topological polar surface area (TPSA) is 80.8 Å². The molecule has 0 aliphatic carbocycles. The number of ketones is 1. The Kier molecular flexibility index (Phi) is 4.26. The number of aromatic nitrogens is 4. The number of carbonyl (C=O) groups excluding carboxylic acids is 1. The first-order valence-electron chi connectivity index (χ1n) is 7.76. The number of nitrogens with zero attached hydrogens (tertiary/aromatic N) is 3. The van der Waals surface area contributed by atoms with Crippen LogP contribution in [0.1, 0.15) is 10.4 Å². The number of hydrogen-bond donors (Lipinski definition) is 1. The molecule has 0 aliphatic heterocycles. The van der Waals surface area contributed by atoms with Gasteiger partial charge in [-0.3, -0.25) is 4.79 Å². The molecule has 130 valence electrons. The van der Waals surface area contributed by atoms with Gasteiger partial charge in [0.2, 0.25) is 5.16 Å². The second-order valence-corrected chi connectivity index (χ2v) is 6.49. The standard InChI is InChI=1S/C18H13FN4O2S/c1-25-12-5-2-10(3-6-12)15(24)9-26-18-21-17-16(22-23-18)13-8-11(19)4-7-14(13)20-17/h2-8H,9H2,1H3,(H,20,21,23). The Balaban J connectivity index is 1.53. The summed E-state index contributed by atoms with van der Waals surface area (Å²) in [4.78, 5) is 19.7. The molecule has 2 aromatic carbocycles. The molecule has 1 N–H and O–H groups in total. The van der Waals surface area contributed by atoms with Crippen LogP contribution in [0.3, 0.4) is 0 Å². The number of Topliss-reactive ketones (excluding diaryl/α,β-unsaturated/α-hetero) is 1. The smallest absolute Gasteiger partial charge is 0.211 e. The number of nitrogens with one attached hydrogen (secondary N) is 1. The zero-order valence-electron chi connectivity index (χ0n) is 13.7. The van der Waals surface area contributed by atoms with E-state index in [-0.39, 0.29) is 17.4 Å². The highest BCUT2D eigenvalue weighted by Gasteiger charge is 2.12. The Morgan fingerprint density at radius 2 is 2.00 bits per heavy atom. The van der Waals surface area contributed by atoms with Crippen molar-refractivity contribution in [3.05, 3.63) is 53.8 Å². The number of aromatic amines is 1. The van der Waals surface area contributed by atoms with Crippen molar-refractivity contribution in [1.29, 1.82) is 0 Å². The Bertz CT molecular complexity index is 1110. The van der Waals surface area contributed by atoms with Crippen LogP contribution in [0.15, 0.2) is 47.6 Å². The molecule has 0 atom stereocenters.